The van der Waals surface area contributed by atoms with Gasteiger partial charge in [0.05, 0.1) is 17.3 Å². The first-order chi connectivity index (χ1) is 9.61. The fraction of sp³-hybridized carbons (Fsp3) is 0.214. The van der Waals surface area contributed by atoms with E-state index in [1.807, 2.05) is 25.1 Å². The molecule has 2 N–H and O–H groups in total. The molecule has 0 radical (unpaired) electrons. The van der Waals surface area contributed by atoms with Crippen LogP contribution in [0.2, 0.25) is 5.02 Å². The van der Waals surface area contributed by atoms with E-state index >= 15 is 0 Å². The summed E-state index contributed by atoms with van der Waals surface area (Å²) in [7, 11) is 0. The van der Waals surface area contributed by atoms with Gasteiger partial charge in [-0.1, -0.05) is 17.7 Å². The summed E-state index contributed by atoms with van der Waals surface area (Å²) in [6, 6.07) is 8.72. The van der Waals surface area contributed by atoms with E-state index in [9.17, 15) is 4.79 Å². The monoisotopic (exact) mass is 290 g/mol. The summed E-state index contributed by atoms with van der Waals surface area (Å²) in [5.74, 6) is 0.0158. The Hall–Kier alpha value is -2.14. The molecule has 0 aliphatic heterocycles. The Bertz CT molecular complexity index is 603. The molecule has 0 bridgehead atoms. The maximum Gasteiger partial charge on any atom is 0.274 e. The van der Waals surface area contributed by atoms with Crippen molar-refractivity contribution in [2.24, 2.45) is 0 Å². The first-order valence-electron chi connectivity index (χ1n) is 6.23. The molecule has 0 fully saturated rings. The number of hydrogen-bond donors (Lipinski definition) is 1. The number of halogens is 1. The lowest BCUT2D eigenvalue weighted by molar-refractivity contribution is 0.0745. The lowest BCUT2D eigenvalue weighted by Crippen LogP contribution is -2.31. The van der Waals surface area contributed by atoms with E-state index in [0.29, 0.717) is 18.1 Å². The molecular formula is C14H15ClN4O. The highest BCUT2D eigenvalue weighted by Gasteiger charge is 2.19. The summed E-state index contributed by atoms with van der Waals surface area (Å²) in [6.45, 7) is 2.83. The molecule has 2 heterocycles. The zero-order valence-corrected chi connectivity index (χ0v) is 11.8. The van der Waals surface area contributed by atoms with Gasteiger partial charge in [0.25, 0.3) is 5.91 Å². The minimum absolute atomic E-state index is 0.171. The quantitative estimate of drug-likeness (QED) is 0.938. The van der Waals surface area contributed by atoms with Crippen molar-refractivity contribution >= 4 is 23.3 Å². The summed E-state index contributed by atoms with van der Waals surface area (Å²) < 4.78 is 0. The number of amides is 1. The number of nitrogens with zero attached hydrogens (tertiary/aromatic N) is 3. The molecule has 2 aromatic rings. The van der Waals surface area contributed by atoms with Gasteiger partial charge in [0.15, 0.2) is 0 Å². The molecular weight excluding hydrogens is 276 g/mol. The van der Waals surface area contributed by atoms with E-state index in [1.165, 1.54) is 0 Å². The molecule has 104 valence electrons. The second-order valence-corrected chi connectivity index (χ2v) is 4.61. The fourth-order valence-electron chi connectivity index (χ4n) is 1.77. The molecule has 0 aliphatic carbocycles. The third-order valence-electron chi connectivity index (χ3n) is 2.82. The zero-order valence-electron chi connectivity index (χ0n) is 11.1. The lowest BCUT2D eigenvalue weighted by atomic mass is 10.2. The third kappa shape index (κ3) is 3.24. The van der Waals surface area contributed by atoms with Gasteiger partial charge >= 0.3 is 0 Å². The highest BCUT2D eigenvalue weighted by molar-refractivity contribution is 6.33. The summed E-state index contributed by atoms with van der Waals surface area (Å²) in [5.41, 5.74) is 6.59. The Labute approximate surface area is 122 Å². The number of rotatable bonds is 4. The number of pyridine rings is 2. The maximum absolute atomic E-state index is 12.4. The molecule has 2 rings (SSSR count). The van der Waals surface area contributed by atoms with Crippen molar-refractivity contribution in [3.05, 3.63) is 52.9 Å². The Kier molecular flexibility index (Phi) is 4.53. The molecule has 2 aromatic heterocycles. The van der Waals surface area contributed by atoms with Gasteiger partial charge in [0.1, 0.15) is 11.5 Å². The highest BCUT2D eigenvalue weighted by Crippen LogP contribution is 2.18. The normalized spacial score (nSPS) is 10.3. The van der Waals surface area contributed by atoms with Crippen LogP contribution in [-0.2, 0) is 6.54 Å². The van der Waals surface area contributed by atoms with Gasteiger partial charge in [0.2, 0.25) is 0 Å². The second kappa shape index (κ2) is 6.34. The summed E-state index contributed by atoms with van der Waals surface area (Å²) in [6.07, 6.45) is 1.69. The van der Waals surface area contributed by atoms with Crippen LogP contribution in [-0.4, -0.2) is 27.3 Å². The molecule has 1 amide bonds. The van der Waals surface area contributed by atoms with Crippen molar-refractivity contribution < 1.29 is 4.79 Å². The largest absolute Gasteiger partial charge is 0.384 e. The van der Waals surface area contributed by atoms with Crippen LogP contribution >= 0.6 is 11.6 Å². The van der Waals surface area contributed by atoms with Crippen LogP contribution in [0.5, 0.6) is 0 Å². The molecule has 0 atom stereocenters. The molecule has 0 spiro atoms. The Balaban J connectivity index is 2.23. The van der Waals surface area contributed by atoms with E-state index in [-0.39, 0.29) is 17.4 Å². The van der Waals surface area contributed by atoms with Crippen molar-refractivity contribution in [3.8, 4) is 0 Å². The van der Waals surface area contributed by atoms with Crippen LogP contribution in [0.3, 0.4) is 0 Å². The number of carbonyl (C=O) groups excluding carboxylic acids is 1. The van der Waals surface area contributed by atoms with Crippen molar-refractivity contribution in [2.45, 2.75) is 13.5 Å². The summed E-state index contributed by atoms with van der Waals surface area (Å²) in [4.78, 5) is 22.3. The van der Waals surface area contributed by atoms with E-state index in [4.69, 9.17) is 17.3 Å². The molecule has 5 nitrogen and oxygen atoms in total. The lowest BCUT2D eigenvalue weighted by Gasteiger charge is -2.20. The van der Waals surface area contributed by atoms with Gasteiger partial charge in [-0.2, -0.15) is 0 Å². The molecule has 6 heteroatoms. The van der Waals surface area contributed by atoms with Gasteiger partial charge in [-0.05, 0) is 31.2 Å². The maximum atomic E-state index is 12.4. The second-order valence-electron chi connectivity index (χ2n) is 4.21. The van der Waals surface area contributed by atoms with Crippen molar-refractivity contribution in [3.63, 3.8) is 0 Å². The van der Waals surface area contributed by atoms with Crippen LogP contribution in [0.15, 0.2) is 36.5 Å². The van der Waals surface area contributed by atoms with E-state index < -0.39 is 0 Å². The first kappa shape index (κ1) is 14.3. The molecule has 0 aliphatic rings. The standard InChI is InChI=1S/C14H15ClN4O/c1-2-19(9-10-5-3-4-8-17-10)14(20)13-11(15)6-7-12(16)18-13/h3-8H,2,9H2,1H3,(H2,16,18). The van der Waals surface area contributed by atoms with Gasteiger partial charge in [-0.15, -0.1) is 0 Å². The predicted molar refractivity (Wildman–Crippen MR) is 78.3 cm³/mol. The predicted octanol–water partition coefficient (Wildman–Crippen LogP) is 2.37. The number of hydrogen-bond acceptors (Lipinski definition) is 4. The number of nitrogens with two attached hydrogens (primary N) is 1. The molecule has 0 unspecified atom stereocenters. The van der Waals surface area contributed by atoms with Gasteiger partial charge in [-0.25, -0.2) is 4.98 Å². The Morgan fingerprint density at radius 1 is 1.35 bits per heavy atom. The average molecular weight is 291 g/mol. The number of nitrogen functional groups attached to an aromatic ring is 1. The Morgan fingerprint density at radius 3 is 2.80 bits per heavy atom. The SMILES string of the molecule is CCN(Cc1ccccn1)C(=O)c1nc(N)ccc1Cl. The van der Waals surface area contributed by atoms with Crippen molar-refractivity contribution in [2.75, 3.05) is 12.3 Å². The van der Waals surface area contributed by atoms with Crippen molar-refractivity contribution in [1.29, 1.82) is 0 Å². The van der Waals surface area contributed by atoms with Gasteiger partial charge in [0, 0.05) is 12.7 Å². The molecule has 0 saturated heterocycles. The van der Waals surface area contributed by atoms with Crippen LogP contribution < -0.4 is 5.73 Å². The number of anilines is 1. The van der Waals surface area contributed by atoms with E-state index in [2.05, 4.69) is 9.97 Å². The van der Waals surface area contributed by atoms with E-state index in [0.717, 1.165) is 5.69 Å². The summed E-state index contributed by atoms with van der Waals surface area (Å²) >= 11 is 6.01. The first-order valence-corrected chi connectivity index (χ1v) is 6.60. The van der Waals surface area contributed by atoms with Crippen LogP contribution in [0.4, 0.5) is 5.82 Å². The zero-order chi connectivity index (χ0) is 14.5. The van der Waals surface area contributed by atoms with Crippen LogP contribution in [0.25, 0.3) is 0 Å². The fourth-order valence-corrected chi connectivity index (χ4v) is 1.96. The minimum Gasteiger partial charge on any atom is -0.384 e. The van der Waals surface area contributed by atoms with E-state index in [1.54, 1.807) is 23.2 Å². The van der Waals surface area contributed by atoms with Crippen LogP contribution in [0, 0.1) is 0 Å². The van der Waals surface area contributed by atoms with Crippen LogP contribution in [0.1, 0.15) is 23.1 Å². The third-order valence-corrected chi connectivity index (χ3v) is 3.12. The van der Waals surface area contributed by atoms with Gasteiger partial charge < -0.3 is 10.6 Å². The summed E-state index contributed by atoms with van der Waals surface area (Å²) in [5, 5.41) is 0.295. The topological polar surface area (TPSA) is 72.1 Å². The number of carbonyl (C=O) groups is 1. The Morgan fingerprint density at radius 2 is 2.15 bits per heavy atom. The smallest absolute Gasteiger partial charge is 0.274 e. The minimum atomic E-state index is -0.254. The molecule has 0 aromatic carbocycles. The average Bonchev–Trinajstić information content (AvgIpc) is 2.47. The molecule has 20 heavy (non-hydrogen) atoms. The number of aromatic nitrogens is 2. The highest BCUT2D eigenvalue weighted by atomic mass is 35.5. The van der Waals surface area contributed by atoms with Crippen molar-refractivity contribution in [1.82, 2.24) is 14.9 Å². The van der Waals surface area contributed by atoms with Gasteiger partial charge in [-0.3, -0.25) is 9.78 Å². The molecule has 0 saturated carbocycles.